The molecule has 1 aromatic heterocycles. The molecule has 1 fully saturated rings. The Balaban J connectivity index is 1.33. The minimum Gasteiger partial charge on any atom is -0.351 e. The third-order valence-electron chi connectivity index (χ3n) is 6.91. The molecule has 7 heteroatoms. The Morgan fingerprint density at radius 2 is 1.69 bits per heavy atom. The number of hydrogen-bond donors (Lipinski definition) is 5. The van der Waals surface area contributed by atoms with Gasteiger partial charge in [-0.25, -0.2) is 0 Å². The van der Waals surface area contributed by atoms with Gasteiger partial charge in [-0.3, -0.25) is 9.78 Å². The summed E-state index contributed by atoms with van der Waals surface area (Å²) in [6.45, 7) is 4.73. The SMILES string of the molecule is NCCCC[C@H](NCc1ccccn1)C(=O)NCc1ccc(CNCCCNC2CCCCC2)cc1. The van der Waals surface area contributed by atoms with Gasteiger partial charge in [0.1, 0.15) is 0 Å². The number of aromatic nitrogens is 1. The predicted molar refractivity (Wildman–Crippen MR) is 147 cm³/mol. The summed E-state index contributed by atoms with van der Waals surface area (Å²) in [5.74, 6) is 0.0236. The summed E-state index contributed by atoms with van der Waals surface area (Å²) in [6, 6.07) is 14.8. The number of nitrogens with two attached hydrogens (primary N) is 1. The number of unbranched alkanes of at least 4 members (excludes halogenated alkanes) is 1. The molecule has 1 aromatic carbocycles. The zero-order valence-corrected chi connectivity index (χ0v) is 21.8. The lowest BCUT2D eigenvalue weighted by Gasteiger charge is -2.22. The van der Waals surface area contributed by atoms with Gasteiger partial charge in [0.25, 0.3) is 0 Å². The highest BCUT2D eigenvalue weighted by Gasteiger charge is 2.17. The zero-order chi connectivity index (χ0) is 25.3. The second-order valence-corrected chi connectivity index (χ2v) is 9.89. The highest BCUT2D eigenvalue weighted by atomic mass is 16.2. The van der Waals surface area contributed by atoms with Crippen LogP contribution >= 0.6 is 0 Å². The summed E-state index contributed by atoms with van der Waals surface area (Å²) in [4.78, 5) is 17.2. The first-order valence-corrected chi connectivity index (χ1v) is 13.9. The van der Waals surface area contributed by atoms with E-state index < -0.39 is 0 Å². The first kappa shape index (κ1) is 28.3. The molecule has 0 saturated heterocycles. The Labute approximate surface area is 217 Å². The van der Waals surface area contributed by atoms with Gasteiger partial charge in [-0.2, -0.15) is 0 Å². The molecular formula is C29H46N6O. The maximum absolute atomic E-state index is 12.9. The number of carbonyl (C=O) groups excluding carboxylic acids is 1. The van der Waals surface area contributed by atoms with Crippen molar-refractivity contribution < 1.29 is 4.79 Å². The maximum Gasteiger partial charge on any atom is 0.237 e. The number of hydrogen-bond acceptors (Lipinski definition) is 6. The van der Waals surface area contributed by atoms with Crippen LogP contribution in [-0.2, 0) is 24.4 Å². The fraction of sp³-hybridized carbons (Fsp3) is 0.586. The number of carbonyl (C=O) groups is 1. The van der Waals surface area contributed by atoms with Crippen molar-refractivity contribution in [2.45, 2.75) is 89.5 Å². The van der Waals surface area contributed by atoms with E-state index in [0.717, 1.165) is 62.6 Å². The van der Waals surface area contributed by atoms with Crippen molar-refractivity contribution in [2.75, 3.05) is 19.6 Å². The van der Waals surface area contributed by atoms with Crippen LogP contribution in [0.5, 0.6) is 0 Å². The minimum absolute atomic E-state index is 0.0236. The van der Waals surface area contributed by atoms with Gasteiger partial charge in [-0.05, 0) is 75.0 Å². The zero-order valence-electron chi connectivity index (χ0n) is 21.8. The molecule has 0 spiro atoms. The van der Waals surface area contributed by atoms with E-state index >= 15 is 0 Å². The summed E-state index contributed by atoms with van der Waals surface area (Å²) in [5, 5.41) is 13.7. The van der Waals surface area contributed by atoms with Gasteiger partial charge in [0, 0.05) is 31.9 Å². The van der Waals surface area contributed by atoms with E-state index in [9.17, 15) is 4.79 Å². The van der Waals surface area contributed by atoms with Crippen LogP contribution < -0.4 is 27.0 Å². The van der Waals surface area contributed by atoms with Gasteiger partial charge in [0.05, 0.1) is 11.7 Å². The van der Waals surface area contributed by atoms with E-state index in [2.05, 4.69) is 50.5 Å². The minimum atomic E-state index is -0.255. The standard InChI is InChI=1S/C29H46N6O/c30-17-6-4-12-28(34-23-27-11-5-7-19-33-27)29(36)35-22-25-15-13-24(14-16-25)21-31-18-8-20-32-26-9-2-1-3-10-26/h5,7,11,13-16,19,26,28,31-32,34H,1-4,6,8-10,12,17-18,20-23,30H2,(H,35,36)/t28-/m0/s1. The Kier molecular flexibility index (Phi) is 13.5. The normalized spacial score (nSPS) is 15.0. The average Bonchev–Trinajstić information content (AvgIpc) is 2.93. The molecule has 0 aliphatic heterocycles. The molecule has 3 rings (SSSR count). The first-order valence-electron chi connectivity index (χ1n) is 13.9. The molecule has 36 heavy (non-hydrogen) atoms. The van der Waals surface area contributed by atoms with Gasteiger partial charge in [0.15, 0.2) is 0 Å². The number of rotatable bonds is 17. The average molecular weight is 495 g/mol. The molecule has 0 radical (unpaired) electrons. The lowest BCUT2D eigenvalue weighted by atomic mass is 9.95. The van der Waals surface area contributed by atoms with E-state index in [0.29, 0.717) is 19.6 Å². The maximum atomic E-state index is 12.9. The van der Waals surface area contributed by atoms with Gasteiger partial charge < -0.3 is 27.0 Å². The first-order chi connectivity index (χ1) is 17.7. The van der Waals surface area contributed by atoms with Gasteiger partial charge in [0.2, 0.25) is 5.91 Å². The van der Waals surface area contributed by atoms with E-state index in [1.807, 2.05) is 18.2 Å². The van der Waals surface area contributed by atoms with Gasteiger partial charge >= 0.3 is 0 Å². The van der Waals surface area contributed by atoms with Crippen molar-refractivity contribution in [2.24, 2.45) is 5.73 Å². The van der Waals surface area contributed by atoms with Crippen molar-refractivity contribution in [3.05, 3.63) is 65.5 Å². The summed E-state index contributed by atoms with van der Waals surface area (Å²) in [6.07, 6.45) is 12.4. The van der Waals surface area contributed by atoms with Crippen molar-refractivity contribution >= 4 is 5.91 Å². The van der Waals surface area contributed by atoms with E-state index in [4.69, 9.17) is 5.73 Å². The fourth-order valence-electron chi connectivity index (χ4n) is 4.70. The van der Waals surface area contributed by atoms with Crippen molar-refractivity contribution in [1.82, 2.24) is 26.3 Å². The summed E-state index contributed by atoms with van der Waals surface area (Å²) in [7, 11) is 0. The smallest absolute Gasteiger partial charge is 0.237 e. The third kappa shape index (κ3) is 11.2. The molecule has 6 N–H and O–H groups in total. The van der Waals surface area contributed by atoms with Crippen molar-refractivity contribution in [3.8, 4) is 0 Å². The summed E-state index contributed by atoms with van der Waals surface area (Å²) < 4.78 is 0. The van der Waals surface area contributed by atoms with Crippen LogP contribution in [0.3, 0.4) is 0 Å². The molecule has 1 aliphatic rings. The molecule has 0 unspecified atom stereocenters. The fourth-order valence-corrected chi connectivity index (χ4v) is 4.70. The molecule has 7 nitrogen and oxygen atoms in total. The van der Waals surface area contributed by atoms with Crippen molar-refractivity contribution in [1.29, 1.82) is 0 Å². The van der Waals surface area contributed by atoms with Gasteiger partial charge in [-0.1, -0.05) is 56.0 Å². The lowest BCUT2D eigenvalue weighted by molar-refractivity contribution is -0.123. The molecule has 1 saturated carbocycles. The summed E-state index contributed by atoms with van der Waals surface area (Å²) >= 11 is 0. The number of nitrogens with one attached hydrogen (secondary N) is 4. The lowest BCUT2D eigenvalue weighted by Crippen LogP contribution is -2.43. The molecule has 2 aromatic rings. The molecule has 1 heterocycles. The Morgan fingerprint density at radius 3 is 2.42 bits per heavy atom. The van der Waals surface area contributed by atoms with Crippen LogP contribution in [0.4, 0.5) is 0 Å². The van der Waals surface area contributed by atoms with Crippen LogP contribution in [0.2, 0.25) is 0 Å². The third-order valence-corrected chi connectivity index (χ3v) is 6.91. The second-order valence-electron chi connectivity index (χ2n) is 9.89. The van der Waals surface area contributed by atoms with Crippen LogP contribution in [-0.4, -0.2) is 42.6 Å². The summed E-state index contributed by atoms with van der Waals surface area (Å²) in [5.41, 5.74) is 8.95. The molecule has 198 valence electrons. The van der Waals surface area contributed by atoms with Crippen LogP contribution in [0.25, 0.3) is 0 Å². The monoisotopic (exact) mass is 494 g/mol. The largest absolute Gasteiger partial charge is 0.351 e. The number of amides is 1. The molecule has 1 aliphatic carbocycles. The topological polar surface area (TPSA) is 104 Å². The van der Waals surface area contributed by atoms with Crippen LogP contribution in [0.15, 0.2) is 48.7 Å². The van der Waals surface area contributed by atoms with Crippen molar-refractivity contribution in [3.63, 3.8) is 0 Å². The van der Waals surface area contributed by atoms with Crippen LogP contribution in [0, 0.1) is 0 Å². The Bertz CT molecular complexity index is 839. The highest BCUT2D eigenvalue weighted by Crippen LogP contribution is 2.17. The highest BCUT2D eigenvalue weighted by molar-refractivity contribution is 5.81. The second kappa shape index (κ2) is 17.2. The molecule has 1 atom stereocenters. The van der Waals surface area contributed by atoms with Gasteiger partial charge in [-0.15, -0.1) is 0 Å². The molecular weight excluding hydrogens is 448 g/mol. The molecule has 1 amide bonds. The number of benzene rings is 1. The molecule has 0 bridgehead atoms. The predicted octanol–water partition coefficient (Wildman–Crippen LogP) is 3.39. The van der Waals surface area contributed by atoms with E-state index in [1.54, 1.807) is 6.20 Å². The van der Waals surface area contributed by atoms with E-state index in [-0.39, 0.29) is 11.9 Å². The Hall–Kier alpha value is -2.32. The van der Waals surface area contributed by atoms with E-state index in [1.165, 1.54) is 37.7 Å². The Morgan fingerprint density at radius 1 is 0.917 bits per heavy atom. The number of pyridine rings is 1. The van der Waals surface area contributed by atoms with Crippen LogP contribution in [0.1, 0.15) is 74.6 Å². The number of nitrogens with zero attached hydrogens (tertiary/aromatic N) is 1. The quantitative estimate of drug-likeness (QED) is 0.216.